The van der Waals surface area contributed by atoms with Crippen molar-refractivity contribution < 1.29 is 9.50 Å². The Hall–Kier alpha value is -3.07. The lowest BCUT2D eigenvalue weighted by atomic mass is 9.98. The highest BCUT2D eigenvalue weighted by molar-refractivity contribution is 5.73. The minimum absolute atomic E-state index is 0.0671. The topological polar surface area (TPSA) is 92.0 Å². The molecule has 8 nitrogen and oxygen atoms in total. The molecule has 0 amide bonds. The van der Waals surface area contributed by atoms with Gasteiger partial charge in [0.1, 0.15) is 17.6 Å². The lowest BCUT2D eigenvalue weighted by Crippen LogP contribution is -2.50. The molecule has 0 radical (unpaired) electrons. The van der Waals surface area contributed by atoms with Crippen LogP contribution in [0.25, 0.3) is 22.4 Å². The van der Waals surface area contributed by atoms with Crippen molar-refractivity contribution in [1.82, 2.24) is 30.3 Å². The van der Waals surface area contributed by atoms with Crippen molar-refractivity contribution in [1.29, 1.82) is 0 Å². The molecule has 2 bridgehead atoms. The first-order valence-corrected chi connectivity index (χ1v) is 11.3. The summed E-state index contributed by atoms with van der Waals surface area (Å²) in [6.07, 6.45) is 9.08. The first-order valence-electron chi connectivity index (χ1n) is 11.3. The van der Waals surface area contributed by atoms with Crippen LogP contribution < -0.4 is 10.2 Å². The zero-order chi connectivity index (χ0) is 21.8. The van der Waals surface area contributed by atoms with E-state index in [0.29, 0.717) is 29.7 Å². The van der Waals surface area contributed by atoms with Gasteiger partial charge >= 0.3 is 0 Å². The fourth-order valence-electron chi connectivity index (χ4n) is 5.22. The van der Waals surface area contributed by atoms with Crippen LogP contribution in [0.15, 0.2) is 36.8 Å². The summed E-state index contributed by atoms with van der Waals surface area (Å²) in [4.78, 5) is 6.89. The number of aromatic hydroxyl groups is 1. The Balaban J connectivity index is 1.25. The van der Waals surface area contributed by atoms with Crippen molar-refractivity contribution in [2.75, 3.05) is 4.90 Å². The number of nitrogens with zero attached hydrogens (tertiary/aromatic N) is 6. The molecule has 1 aliphatic carbocycles. The van der Waals surface area contributed by atoms with E-state index in [1.807, 2.05) is 25.4 Å². The highest BCUT2D eigenvalue weighted by Crippen LogP contribution is 2.39. The SMILES string of the molecule is Cn1cc(-c2ccc(-c3cnc(N(C4CC4)[C@@H]4C[C@H]5C[C@H](F)[C@@H](C4)N5)nn3)c(O)c2)cn1. The second-order valence-electron chi connectivity index (χ2n) is 9.26. The number of halogens is 1. The molecular formula is C23H26FN7O. The largest absolute Gasteiger partial charge is 0.507 e. The average molecular weight is 436 g/mol. The number of rotatable bonds is 5. The van der Waals surface area contributed by atoms with Gasteiger partial charge in [-0.05, 0) is 49.8 Å². The maximum absolute atomic E-state index is 14.2. The minimum atomic E-state index is -0.759. The standard InChI is InChI=1S/C23H26FN7O/c1-30-12-14(10-26-30)13-2-5-18(22(32)6-13)21-11-25-23(29-28-21)31(16-3-4-16)17-7-15-8-19(24)20(9-17)27-15/h2,5-6,10-12,15-17,19-20,27,32H,3-4,7-9H2,1H3/t15-,17+,19-,20+/m0/s1. The molecule has 6 rings (SSSR count). The van der Waals surface area contributed by atoms with Gasteiger partial charge in [-0.1, -0.05) is 6.07 Å². The molecule has 166 valence electrons. The number of phenolic OH excluding ortho intramolecular Hbond substituents is 1. The Bertz CT molecular complexity index is 1130. The third kappa shape index (κ3) is 3.50. The van der Waals surface area contributed by atoms with Crippen molar-refractivity contribution in [2.45, 2.75) is 62.4 Å². The number of aromatic nitrogens is 5. The highest BCUT2D eigenvalue weighted by Gasteiger charge is 2.46. The van der Waals surface area contributed by atoms with Crippen LogP contribution in [0.3, 0.4) is 0 Å². The van der Waals surface area contributed by atoms with Gasteiger partial charge in [-0.2, -0.15) is 5.10 Å². The number of hydrogen-bond donors (Lipinski definition) is 2. The molecule has 4 heterocycles. The maximum Gasteiger partial charge on any atom is 0.245 e. The number of alkyl halides is 1. The molecule has 2 saturated heterocycles. The van der Waals surface area contributed by atoms with Gasteiger partial charge in [0.2, 0.25) is 5.95 Å². The predicted molar refractivity (Wildman–Crippen MR) is 118 cm³/mol. The molecule has 4 atom stereocenters. The molecule has 2 N–H and O–H groups in total. The predicted octanol–water partition coefficient (Wildman–Crippen LogP) is 2.84. The second-order valence-corrected chi connectivity index (χ2v) is 9.26. The third-order valence-corrected chi connectivity index (χ3v) is 6.90. The summed E-state index contributed by atoms with van der Waals surface area (Å²) in [6, 6.07) is 6.27. The number of piperidine rings is 1. The van der Waals surface area contributed by atoms with Crippen LogP contribution in [-0.4, -0.2) is 60.4 Å². The van der Waals surface area contributed by atoms with Crippen LogP contribution in [0.2, 0.25) is 0 Å². The molecule has 1 aromatic carbocycles. The minimum Gasteiger partial charge on any atom is -0.507 e. The molecule has 3 aromatic rings. The molecule has 1 saturated carbocycles. The van der Waals surface area contributed by atoms with Crippen molar-refractivity contribution in [3.8, 4) is 28.1 Å². The van der Waals surface area contributed by atoms with Gasteiger partial charge in [0.05, 0.1) is 12.4 Å². The third-order valence-electron chi connectivity index (χ3n) is 6.90. The molecule has 3 fully saturated rings. The van der Waals surface area contributed by atoms with E-state index in [2.05, 4.69) is 30.5 Å². The van der Waals surface area contributed by atoms with E-state index in [0.717, 1.165) is 36.8 Å². The van der Waals surface area contributed by atoms with Crippen molar-refractivity contribution in [3.05, 3.63) is 36.8 Å². The van der Waals surface area contributed by atoms with Gasteiger partial charge in [-0.15, -0.1) is 10.2 Å². The fraction of sp³-hybridized carbons (Fsp3) is 0.478. The fourth-order valence-corrected chi connectivity index (χ4v) is 5.22. The van der Waals surface area contributed by atoms with Gasteiger partial charge in [0.15, 0.2) is 0 Å². The van der Waals surface area contributed by atoms with E-state index in [-0.39, 0.29) is 23.9 Å². The van der Waals surface area contributed by atoms with Crippen molar-refractivity contribution in [3.63, 3.8) is 0 Å². The van der Waals surface area contributed by atoms with Crippen LogP contribution in [0.4, 0.5) is 10.3 Å². The molecule has 0 unspecified atom stereocenters. The van der Waals surface area contributed by atoms with Gasteiger partial charge in [0, 0.05) is 48.5 Å². The first-order chi connectivity index (χ1) is 15.5. The lowest BCUT2D eigenvalue weighted by molar-refractivity contribution is 0.271. The molecular weight excluding hydrogens is 409 g/mol. The van der Waals surface area contributed by atoms with Crippen LogP contribution in [0, 0.1) is 0 Å². The van der Waals surface area contributed by atoms with E-state index in [4.69, 9.17) is 0 Å². The summed E-state index contributed by atoms with van der Waals surface area (Å²) >= 11 is 0. The number of phenols is 1. The van der Waals surface area contributed by atoms with E-state index >= 15 is 0 Å². The number of nitrogens with one attached hydrogen (secondary N) is 1. The quantitative estimate of drug-likeness (QED) is 0.637. The van der Waals surface area contributed by atoms with Crippen LogP contribution in [-0.2, 0) is 7.05 Å². The Morgan fingerprint density at radius 3 is 2.62 bits per heavy atom. The van der Waals surface area contributed by atoms with Gasteiger partial charge < -0.3 is 15.3 Å². The summed E-state index contributed by atoms with van der Waals surface area (Å²) in [5.41, 5.74) is 2.92. The Morgan fingerprint density at radius 1 is 1.09 bits per heavy atom. The summed E-state index contributed by atoms with van der Waals surface area (Å²) in [7, 11) is 1.86. The summed E-state index contributed by atoms with van der Waals surface area (Å²) in [5, 5.41) is 27.0. The Morgan fingerprint density at radius 2 is 1.97 bits per heavy atom. The molecule has 32 heavy (non-hydrogen) atoms. The first kappa shape index (κ1) is 19.6. The number of hydrogen-bond acceptors (Lipinski definition) is 7. The second kappa shape index (κ2) is 7.51. The zero-order valence-corrected chi connectivity index (χ0v) is 17.9. The van der Waals surface area contributed by atoms with Crippen LogP contribution in [0.1, 0.15) is 32.1 Å². The summed E-state index contributed by atoms with van der Waals surface area (Å²) < 4.78 is 15.9. The number of fused-ring (bicyclic) bond motifs is 2. The molecule has 2 aromatic heterocycles. The summed E-state index contributed by atoms with van der Waals surface area (Å²) in [5.74, 6) is 0.725. The number of benzene rings is 1. The van der Waals surface area contributed by atoms with E-state index in [9.17, 15) is 9.50 Å². The van der Waals surface area contributed by atoms with E-state index in [1.54, 1.807) is 23.1 Å². The lowest BCUT2D eigenvalue weighted by Gasteiger charge is -2.37. The average Bonchev–Trinajstić information content (AvgIpc) is 3.46. The van der Waals surface area contributed by atoms with Gasteiger partial charge in [0.25, 0.3) is 0 Å². The molecule has 0 spiro atoms. The smallest absolute Gasteiger partial charge is 0.245 e. The van der Waals surface area contributed by atoms with E-state index < -0.39 is 6.17 Å². The van der Waals surface area contributed by atoms with Crippen LogP contribution in [0.5, 0.6) is 5.75 Å². The zero-order valence-electron chi connectivity index (χ0n) is 17.9. The molecule has 2 aliphatic heterocycles. The van der Waals surface area contributed by atoms with E-state index in [1.165, 1.54) is 0 Å². The van der Waals surface area contributed by atoms with Gasteiger partial charge in [-0.25, -0.2) is 9.37 Å². The maximum atomic E-state index is 14.2. The van der Waals surface area contributed by atoms with Crippen LogP contribution >= 0.6 is 0 Å². The molecule has 3 aliphatic rings. The normalized spacial score (nSPS) is 26.9. The molecule has 9 heteroatoms. The Labute approximate surface area is 185 Å². The van der Waals surface area contributed by atoms with Crippen molar-refractivity contribution >= 4 is 5.95 Å². The van der Waals surface area contributed by atoms with Crippen molar-refractivity contribution in [2.24, 2.45) is 7.05 Å². The number of anilines is 1. The number of aryl methyl sites for hydroxylation is 1. The highest BCUT2D eigenvalue weighted by atomic mass is 19.1. The van der Waals surface area contributed by atoms with Gasteiger partial charge in [-0.3, -0.25) is 4.68 Å². The Kier molecular flexibility index (Phi) is 4.60. The summed E-state index contributed by atoms with van der Waals surface area (Å²) in [6.45, 7) is 0. The monoisotopic (exact) mass is 435 g/mol.